The van der Waals surface area contributed by atoms with Crippen LogP contribution in [0.5, 0.6) is 0 Å². The summed E-state index contributed by atoms with van der Waals surface area (Å²) in [4.78, 5) is 1.43. The molecule has 0 heterocycles. The van der Waals surface area contributed by atoms with Gasteiger partial charge in [0, 0.05) is 0 Å². The number of hydrogen-bond donors (Lipinski definition) is 0. The van der Waals surface area contributed by atoms with Gasteiger partial charge in [0.25, 0.3) is 0 Å². The first-order chi connectivity index (χ1) is 11.6. The average molecular weight is 448 g/mol. The van der Waals surface area contributed by atoms with Crippen LogP contribution in [0, 0.1) is 0 Å². The van der Waals surface area contributed by atoms with Crippen LogP contribution in [0.3, 0.4) is 0 Å². The fraction of sp³-hybridized carbons (Fsp3) is 0.273. The molecule has 2 rings (SSSR count). The van der Waals surface area contributed by atoms with E-state index in [9.17, 15) is 0 Å². The van der Waals surface area contributed by atoms with E-state index >= 15 is 0 Å². The summed E-state index contributed by atoms with van der Waals surface area (Å²) in [6, 6.07) is 21.7. The SMILES string of the molecule is CC(C)[Se]/C(=C\C=C(/[Se]C(C)C)c1ccccc1)c1ccccc1. The van der Waals surface area contributed by atoms with Crippen LogP contribution in [0.1, 0.15) is 38.8 Å². The minimum atomic E-state index is 0.491. The molecule has 0 radical (unpaired) electrons. The van der Waals surface area contributed by atoms with Crippen LogP contribution in [-0.2, 0) is 0 Å². The zero-order chi connectivity index (χ0) is 17.4. The van der Waals surface area contributed by atoms with Crippen molar-refractivity contribution in [3.05, 3.63) is 83.9 Å². The quantitative estimate of drug-likeness (QED) is 0.353. The van der Waals surface area contributed by atoms with E-state index in [2.05, 4.69) is 101 Å². The molecule has 0 saturated heterocycles. The van der Waals surface area contributed by atoms with E-state index in [0.717, 1.165) is 0 Å². The monoisotopic (exact) mass is 450 g/mol. The second-order valence-electron chi connectivity index (χ2n) is 6.13. The summed E-state index contributed by atoms with van der Waals surface area (Å²) < 4.78 is 2.98. The zero-order valence-electron chi connectivity index (χ0n) is 14.9. The van der Waals surface area contributed by atoms with Crippen LogP contribution in [0.15, 0.2) is 72.8 Å². The number of allylic oxidation sites excluding steroid dienone is 2. The molecular formula is C22H26Se2. The van der Waals surface area contributed by atoms with Crippen molar-refractivity contribution in [2.75, 3.05) is 0 Å². The third kappa shape index (κ3) is 6.46. The maximum absolute atomic E-state index is 2.38. The minimum absolute atomic E-state index is 0.491. The average Bonchev–Trinajstić information content (AvgIpc) is 2.58. The second-order valence-corrected chi connectivity index (χ2v) is 12.9. The Bertz CT molecular complexity index is 606. The summed E-state index contributed by atoms with van der Waals surface area (Å²) in [6.07, 6.45) is 4.75. The van der Waals surface area contributed by atoms with Crippen molar-refractivity contribution in [1.29, 1.82) is 0 Å². The van der Waals surface area contributed by atoms with Crippen LogP contribution in [-0.4, -0.2) is 29.9 Å². The van der Waals surface area contributed by atoms with Crippen molar-refractivity contribution in [2.45, 2.75) is 37.3 Å². The van der Waals surface area contributed by atoms with Crippen LogP contribution in [0.2, 0.25) is 9.63 Å². The van der Waals surface area contributed by atoms with Gasteiger partial charge < -0.3 is 0 Å². The van der Waals surface area contributed by atoms with Crippen molar-refractivity contribution in [1.82, 2.24) is 0 Å². The predicted molar refractivity (Wildman–Crippen MR) is 111 cm³/mol. The van der Waals surface area contributed by atoms with Gasteiger partial charge in [0.1, 0.15) is 0 Å². The van der Waals surface area contributed by atoms with Crippen molar-refractivity contribution in [2.24, 2.45) is 0 Å². The van der Waals surface area contributed by atoms with E-state index in [1.807, 2.05) is 0 Å². The Kier molecular flexibility index (Phi) is 8.09. The Morgan fingerprint density at radius 2 is 0.958 bits per heavy atom. The molecule has 0 aromatic heterocycles. The van der Waals surface area contributed by atoms with E-state index in [4.69, 9.17) is 0 Å². The first-order valence-corrected chi connectivity index (χ1v) is 12.1. The summed E-state index contributed by atoms with van der Waals surface area (Å²) in [5.74, 6) is 0. The van der Waals surface area contributed by atoms with Gasteiger partial charge in [0.15, 0.2) is 0 Å². The zero-order valence-corrected chi connectivity index (χ0v) is 18.3. The van der Waals surface area contributed by atoms with Gasteiger partial charge in [0.2, 0.25) is 0 Å². The Labute approximate surface area is 159 Å². The van der Waals surface area contributed by atoms with Crippen molar-refractivity contribution >= 4 is 38.9 Å². The van der Waals surface area contributed by atoms with Crippen LogP contribution < -0.4 is 0 Å². The molecule has 0 N–H and O–H groups in total. The summed E-state index contributed by atoms with van der Waals surface area (Å²) >= 11 is 0.981. The van der Waals surface area contributed by atoms with Gasteiger partial charge >= 0.3 is 160 Å². The van der Waals surface area contributed by atoms with Crippen LogP contribution >= 0.6 is 0 Å². The molecule has 0 aliphatic heterocycles. The van der Waals surface area contributed by atoms with Crippen molar-refractivity contribution in [3.63, 3.8) is 0 Å². The van der Waals surface area contributed by atoms with Gasteiger partial charge in [-0.05, 0) is 0 Å². The Hall–Kier alpha value is -1.04. The summed E-state index contributed by atoms with van der Waals surface area (Å²) in [6.45, 7) is 9.26. The first kappa shape index (κ1) is 19.3. The topological polar surface area (TPSA) is 0 Å². The number of benzene rings is 2. The first-order valence-electron chi connectivity index (χ1n) is 8.42. The fourth-order valence-corrected chi connectivity index (χ4v) is 6.16. The summed E-state index contributed by atoms with van der Waals surface area (Å²) in [5.41, 5.74) is 2.74. The molecule has 0 aliphatic carbocycles. The van der Waals surface area contributed by atoms with E-state index in [1.165, 1.54) is 20.1 Å². The Morgan fingerprint density at radius 3 is 1.25 bits per heavy atom. The van der Waals surface area contributed by atoms with Gasteiger partial charge in [-0.3, -0.25) is 0 Å². The van der Waals surface area contributed by atoms with Gasteiger partial charge in [-0.25, -0.2) is 0 Å². The van der Waals surface area contributed by atoms with Crippen LogP contribution in [0.4, 0.5) is 0 Å². The third-order valence-electron chi connectivity index (χ3n) is 3.23. The normalized spacial score (nSPS) is 12.9. The van der Waals surface area contributed by atoms with E-state index < -0.39 is 0 Å². The molecular weight excluding hydrogens is 422 g/mol. The van der Waals surface area contributed by atoms with Gasteiger partial charge in [-0.2, -0.15) is 0 Å². The molecule has 2 aromatic rings. The summed E-state index contributed by atoms with van der Waals surface area (Å²) in [5, 5.41) is 0. The molecule has 0 fully saturated rings. The van der Waals surface area contributed by atoms with E-state index in [0.29, 0.717) is 39.5 Å². The predicted octanol–water partition coefficient (Wildman–Crippen LogP) is 6.13. The molecule has 0 atom stereocenters. The molecule has 0 bridgehead atoms. The van der Waals surface area contributed by atoms with E-state index in [1.54, 1.807) is 0 Å². The van der Waals surface area contributed by atoms with E-state index in [-0.39, 0.29) is 0 Å². The number of rotatable bonds is 7. The molecule has 0 spiro atoms. The molecule has 0 aliphatic rings. The standard InChI is InChI=1S/C22H26Se2/c1-17(2)23-21(19-11-7-5-8-12-19)15-16-22(24-18(3)4)20-13-9-6-10-14-20/h5-18H,1-4H3/b21-15-,22-16-. The maximum atomic E-state index is 2.38. The molecule has 126 valence electrons. The third-order valence-corrected chi connectivity index (χ3v) is 7.83. The Morgan fingerprint density at radius 1 is 0.625 bits per heavy atom. The molecule has 24 heavy (non-hydrogen) atoms. The molecule has 2 aromatic carbocycles. The fourth-order valence-electron chi connectivity index (χ4n) is 2.27. The van der Waals surface area contributed by atoms with Gasteiger partial charge in [-0.15, -0.1) is 0 Å². The summed E-state index contributed by atoms with van der Waals surface area (Å²) in [7, 11) is 0. The number of hydrogen-bond acceptors (Lipinski definition) is 0. The molecule has 0 saturated carbocycles. The van der Waals surface area contributed by atoms with Gasteiger partial charge in [0.05, 0.1) is 0 Å². The molecule has 2 heteroatoms. The molecule has 0 nitrogen and oxygen atoms in total. The van der Waals surface area contributed by atoms with Crippen molar-refractivity contribution < 1.29 is 0 Å². The molecule has 0 amide bonds. The Balaban J connectivity index is 2.38. The van der Waals surface area contributed by atoms with Crippen molar-refractivity contribution in [3.8, 4) is 0 Å². The van der Waals surface area contributed by atoms with Crippen LogP contribution in [0.25, 0.3) is 8.94 Å². The second kappa shape index (κ2) is 10.1. The molecule has 0 unspecified atom stereocenters. The van der Waals surface area contributed by atoms with Gasteiger partial charge in [-0.1, -0.05) is 0 Å².